The van der Waals surface area contributed by atoms with Crippen molar-refractivity contribution in [3.8, 4) is 5.75 Å². The van der Waals surface area contributed by atoms with Crippen LogP contribution < -0.4 is 9.64 Å². The smallest absolute Gasteiger partial charge is 0.325 e. The van der Waals surface area contributed by atoms with Crippen LogP contribution in [0.3, 0.4) is 0 Å². The van der Waals surface area contributed by atoms with Crippen molar-refractivity contribution in [1.29, 1.82) is 0 Å². The Balaban J connectivity index is 1.62. The summed E-state index contributed by atoms with van der Waals surface area (Å²) in [6.45, 7) is 1.56. The minimum absolute atomic E-state index is 0.0470. The molecule has 0 saturated carbocycles. The Morgan fingerprint density at radius 1 is 1.16 bits per heavy atom. The van der Waals surface area contributed by atoms with E-state index in [1.54, 1.807) is 19.5 Å². The summed E-state index contributed by atoms with van der Waals surface area (Å²) >= 11 is 0. The number of ether oxygens (including phenoxy) is 1. The van der Waals surface area contributed by atoms with Gasteiger partial charge in [0.15, 0.2) is 5.82 Å². The van der Waals surface area contributed by atoms with Crippen LogP contribution in [0.4, 0.5) is 5.82 Å². The molecule has 0 aliphatic carbocycles. The second kappa shape index (κ2) is 9.77. The van der Waals surface area contributed by atoms with Gasteiger partial charge in [0.05, 0.1) is 13.3 Å². The van der Waals surface area contributed by atoms with Crippen LogP contribution in [-0.4, -0.2) is 51.1 Å². The van der Waals surface area contributed by atoms with Crippen LogP contribution in [0, 0.1) is 5.92 Å². The predicted molar refractivity (Wildman–Crippen MR) is 126 cm³/mol. The van der Waals surface area contributed by atoms with Gasteiger partial charge in [-0.2, -0.15) is 0 Å². The standard InChI is InChI=1S/C23H27N4O4P/c1-31-20-6-2-5-19-22(20)25-21(8-7-18-4-3-12-24-16-18)26-23(19)27-13-9-17(10-14-27)11-15-32(28,29)30/h2-8,12,16-17H,9-11,13-15H2,1H3,(H2,28,29,30)/b8-7+. The molecule has 0 unspecified atom stereocenters. The molecule has 32 heavy (non-hydrogen) atoms. The summed E-state index contributed by atoms with van der Waals surface area (Å²) in [7, 11) is -2.31. The topological polar surface area (TPSA) is 109 Å². The van der Waals surface area contributed by atoms with E-state index in [0.717, 1.165) is 48.2 Å². The van der Waals surface area contributed by atoms with Gasteiger partial charge in [0.1, 0.15) is 17.1 Å². The predicted octanol–water partition coefficient (Wildman–Crippen LogP) is 3.99. The Labute approximate surface area is 187 Å². The van der Waals surface area contributed by atoms with Crippen LogP contribution in [-0.2, 0) is 4.57 Å². The van der Waals surface area contributed by atoms with Gasteiger partial charge in [-0.15, -0.1) is 0 Å². The Kier molecular flexibility index (Phi) is 6.84. The first-order valence-electron chi connectivity index (χ1n) is 10.7. The van der Waals surface area contributed by atoms with Crippen molar-refractivity contribution in [2.45, 2.75) is 19.3 Å². The van der Waals surface area contributed by atoms with Gasteiger partial charge in [0, 0.05) is 30.9 Å². The van der Waals surface area contributed by atoms with Crippen LogP contribution in [0.2, 0.25) is 0 Å². The van der Waals surface area contributed by atoms with E-state index in [1.807, 2.05) is 42.5 Å². The Bertz CT molecular complexity index is 1140. The highest BCUT2D eigenvalue weighted by atomic mass is 31.2. The third-order valence-corrected chi connectivity index (χ3v) is 6.60. The molecule has 1 saturated heterocycles. The Hall–Kier alpha value is -2.80. The fraction of sp³-hybridized carbons (Fsp3) is 0.348. The quantitative estimate of drug-likeness (QED) is 0.516. The summed E-state index contributed by atoms with van der Waals surface area (Å²) in [6.07, 6.45) is 9.56. The lowest BCUT2D eigenvalue weighted by Gasteiger charge is -2.33. The fourth-order valence-electron chi connectivity index (χ4n) is 4.04. The molecule has 0 spiro atoms. The van der Waals surface area contributed by atoms with Crippen molar-refractivity contribution in [3.05, 3.63) is 54.1 Å². The first kappa shape index (κ1) is 22.4. The minimum Gasteiger partial charge on any atom is -0.494 e. The summed E-state index contributed by atoms with van der Waals surface area (Å²) in [5.74, 6) is 2.45. The number of piperidine rings is 1. The highest BCUT2D eigenvalue weighted by Gasteiger charge is 2.25. The lowest BCUT2D eigenvalue weighted by molar-refractivity contribution is 0.350. The van der Waals surface area contributed by atoms with Crippen LogP contribution >= 0.6 is 7.60 Å². The third kappa shape index (κ3) is 5.51. The number of aromatic nitrogens is 3. The van der Waals surface area contributed by atoms with E-state index >= 15 is 0 Å². The molecule has 0 atom stereocenters. The molecule has 3 heterocycles. The molecule has 0 bridgehead atoms. The van der Waals surface area contributed by atoms with E-state index in [1.165, 1.54) is 0 Å². The maximum atomic E-state index is 11.2. The molecular formula is C23H27N4O4P. The minimum atomic E-state index is -3.95. The number of benzene rings is 1. The second-order valence-corrected chi connectivity index (χ2v) is 9.77. The summed E-state index contributed by atoms with van der Waals surface area (Å²) in [4.78, 5) is 34.3. The molecule has 1 aliphatic rings. The number of hydrogen-bond donors (Lipinski definition) is 2. The zero-order valence-electron chi connectivity index (χ0n) is 18.0. The molecule has 2 aromatic heterocycles. The summed E-state index contributed by atoms with van der Waals surface area (Å²) in [5.41, 5.74) is 1.72. The zero-order valence-corrected chi connectivity index (χ0v) is 18.9. The maximum absolute atomic E-state index is 11.2. The van der Waals surface area contributed by atoms with Gasteiger partial charge in [0.2, 0.25) is 0 Å². The van der Waals surface area contributed by atoms with Crippen molar-refractivity contribution >= 4 is 36.5 Å². The fourth-order valence-corrected chi connectivity index (χ4v) is 4.74. The molecule has 1 aliphatic heterocycles. The van der Waals surface area contributed by atoms with Crippen molar-refractivity contribution in [2.24, 2.45) is 5.92 Å². The Morgan fingerprint density at radius 2 is 1.97 bits per heavy atom. The number of methoxy groups -OCH3 is 1. The highest BCUT2D eigenvalue weighted by molar-refractivity contribution is 7.51. The van der Waals surface area contributed by atoms with E-state index in [9.17, 15) is 14.4 Å². The van der Waals surface area contributed by atoms with Gasteiger partial charge in [-0.05, 0) is 61.1 Å². The van der Waals surface area contributed by atoms with Crippen LogP contribution in [0.5, 0.6) is 5.75 Å². The van der Waals surface area contributed by atoms with E-state index in [4.69, 9.17) is 14.7 Å². The number of pyridine rings is 1. The van der Waals surface area contributed by atoms with Crippen LogP contribution in [0.1, 0.15) is 30.7 Å². The van der Waals surface area contributed by atoms with Gasteiger partial charge in [-0.3, -0.25) is 9.55 Å². The molecule has 4 rings (SSSR count). The van der Waals surface area contributed by atoms with Crippen molar-refractivity contribution in [1.82, 2.24) is 15.0 Å². The monoisotopic (exact) mass is 454 g/mol. The van der Waals surface area contributed by atoms with E-state index < -0.39 is 7.60 Å². The Morgan fingerprint density at radius 3 is 2.66 bits per heavy atom. The van der Waals surface area contributed by atoms with E-state index in [0.29, 0.717) is 23.9 Å². The molecule has 9 heteroatoms. The van der Waals surface area contributed by atoms with Crippen molar-refractivity contribution < 1.29 is 19.1 Å². The number of rotatable bonds is 7. The average molecular weight is 454 g/mol. The largest absolute Gasteiger partial charge is 0.494 e. The van der Waals surface area contributed by atoms with Gasteiger partial charge >= 0.3 is 7.60 Å². The molecule has 8 nitrogen and oxygen atoms in total. The maximum Gasteiger partial charge on any atom is 0.325 e. The number of anilines is 1. The molecule has 2 N–H and O–H groups in total. The number of nitrogens with zero attached hydrogens (tertiary/aromatic N) is 4. The number of hydrogen-bond acceptors (Lipinski definition) is 6. The average Bonchev–Trinajstić information content (AvgIpc) is 2.81. The third-order valence-electron chi connectivity index (χ3n) is 5.76. The normalized spacial score (nSPS) is 15.5. The SMILES string of the molecule is COc1cccc2c(N3CCC(CCP(=O)(O)O)CC3)nc(/C=C/c3cccnc3)nc12. The highest BCUT2D eigenvalue weighted by Crippen LogP contribution is 2.38. The van der Waals surface area contributed by atoms with Gasteiger partial charge in [0.25, 0.3) is 0 Å². The lowest BCUT2D eigenvalue weighted by atomic mass is 9.94. The van der Waals surface area contributed by atoms with E-state index in [2.05, 4.69) is 9.88 Å². The van der Waals surface area contributed by atoms with Crippen molar-refractivity contribution in [3.63, 3.8) is 0 Å². The zero-order chi connectivity index (χ0) is 22.6. The summed E-state index contributed by atoms with van der Waals surface area (Å²) in [6, 6.07) is 9.68. The number of fused-ring (bicyclic) bond motifs is 1. The first-order valence-corrected chi connectivity index (χ1v) is 12.4. The van der Waals surface area contributed by atoms with E-state index in [-0.39, 0.29) is 6.16 Å². The molecule has 0 amide bonds. The number of para-hydroxylation sites is 1. The van der Waals surface area contributed by atoms with Crippen molar-refractivity contribution in [2.75, 3.05) is 31.3 Å². The van der Waals surface area contributed by atoms with Gasteiger partial charge in [-0.25, -0.2) is 9.97 Å². The van der Waals surface area contributed by atoms with Gasteiger partial charge in [-0.1, -0.05) is 12.1 Å². The van der Waals surface area contributed by atoms with Crippen LogP contribution in [0.25, 0.3) is 23.1 Å². The lowest BCUT2D eigenvalue weighted by Crippen LogP contribution is -2.34. The summed E-state index contributed by atoms with van der Waals surface area (Å²) < 4.78 is 16.8. The van der Waals surface area contributed by atoms with Gasteiger partial charge < -0.3 is 19.4 Å². The molecule has 0 radical (unpaired) electrons. The molecule has 168 valence electrons. The van der Waals surface area contributed by atoms with Crippen LogP contribution in [0.15, 0.2) is 42.7 Å². The first-order chi connectivity index (χ1) is 15.4. The molecule has 1 aromatic carbocycles. The summed E-state index contributed by atoms with van der Waals surface area (Å²) in [5, 5.41) is 0.927. The second-order valence-electron chi connectivity index (χ2n) is 7.99. The molecule has 3 aromatic rings. The molecular weight excluding hydrogens is 427 g/mol. The molecule has 1 fully saturated rings.